The van der Waals surface area contributed by atoms with Crippen LogP contribution in [0, 0.1) is 0 Å². The van der Waals surface area contributed by atoms with E-state index in [-0.39, 0.29) is 32.6 Å². The first-order valence-corrected chi connectivity index (χ1v) is 9.08. The summed E-state index contributed by atoms with van der Waals surface area (Å²) in [6.45, 7) is 2.20. The molecule has 28 heavy (non-hydrogen) atoms. The molecule has 12 heteroatoms. The number of rotatable bonds is 4. The number of hydroxylamine groups is 4. The summed E-state index contributed by atoms with van der Waals surface area (Å²) in [6.07, 6.45) is 0.295. The minimum Gasteiger partial charge on any atom is -0.354 e. The summed E-state index contributed by atoms with van der Waals surface area (Å²) < 4.78 is 0. The minimum atomic E-state index is -0.485. The Morgan fingerprint density at radius 3 is 1.61 bits per heavy atom. The van der Waals surface area contributed by atoms with E-state index in [2.05, 4.69) is 10.6 Å². The zero-order valence-corrected chi connectivity index (χ0v) is 16.4. The molecule has 0 aromatic rings. The lowest BCUT2D eigenvalue weighted by molar-refractivity contribution is -0.160. The Hall–Kier alpha value is -2.28. The molecule has 0 saturated carbocycles. The first-order valence-electron chi connectivity index (χ1n) is 9.08. The van der Waals surface area contributed by atoms with Gasteiger partial charge < -0.3 is 10.6 Å². The van der Waals surface area contributed by atoms with Crippen LogP contribution in [0.15, 0.2) is 0 Å². The smallest absolute Gasteiger partial charge is 0.259 e. The quantitative estimate of drug-likeness (QED) is 0.226. The predicted molar refractivity (Wildman–Crippen MR) is 97.2 cm³/mol. The van der Waals surface area contributed by atoms with Crippen molar-refractivity contribution in [2.45, 2.75) is 12.8 Å². The highest BCUT2D eigenvalue weighted by molar-refractivity contribution is 5.96. The highest BCUT2D eigenvalue weighted by Crippen LogP contribution is 1.99. The number of hydrogen-bond donors (Lipinski definition) is 4. The van der Waals surface area contributed by atoms with Gasteiger partial charge in [-0.05, 0) is 19.5 Å². The van der Waals surface area contributed by atoms with Crippen LogP contribution >= 0.6 is 0 Å². The van der Waals surface area contributed by atoms with Gasteiger partial charge in [0.15, 0.2) is 0 Å². The van der Waals surface area contributed by atoms with Gasteiger partial charge in [0.2, 0.25) is 11.8 Å². The van der Waals surface area contributed by atoms with Crippen LogP contribution in [0.25, 0.3) is 0 Å². The molecule has 0 aliphatic carbocycles. The van der Waals surface area contributed by atoms with Gasteiger partial charge in [-0.15, -0.1) is 0 Å². The van der Waals surface area contributed by atoms with Crippen molar-refractivity contribution >= 4 is 23.6 Å². The number of nitrogens with zero attached hydrogens (tertiary/aromatic N) is 4. The Bertz CT molecular complexity index is 510. The monoisotopic (exact) mass is 402 g/mol. The van der Waals surface area contributed by atoms with Crippen molar-refractivity contribution in [3.63, 3.8) is 0 Å². The molecule has 0 unspecified atom stereocenters. The fourth-order valence-electron chi connectivity index (χ4n) is 2.62. The van der Waals surface area contributed by atoms with Gasteiger partial charge in [0.1, 0.15) is 6.42 Å². The fourth-order valence-corrected chi connectivity index (χ4v) is 2.62. The van der Waals surface area contributed by atoms with Gasteiger partial charge in [0.05, 0.1) is 13.1 Å². The number of carbonyl (C=O) groups is 4. The maximum atomic E-state index is 11.8. The molecule has 1 aliphatic heterocycles. The molecule has 160 valence electrons. The molecule has 0 spiro atoms. The number of nitrogens with one attached hydrogen (secondary N) is 2. The largest absolute Gasteiger partial charge is 0.354 e. The second-order valence-electron chi connectivity index (χ2n) is 6.62. The summed E-state index contributed by atoms with van der Waals surface area (Å²) in [5, 5.41) is 24.8. The van der Waals surface area contributed by atoms with Gasteiger partial charge >= 0.3 is 0 Å². The summed E-state index contributed by atoms with van der Waals surface area (Å²) in [7, 11) is 2.48. The highest BCUT2D eigenvalue weighted by Gasteiger charge is 2.18. The van der Waals surface area contributed by atoms with E-state index in [1.165, 1.54) is 14.1 Å². The second-order valence-corrected chi connectivity index (χ2v) is 6.62. The fraction of sp³-hybridized carbons (Fsp3) is 0.750. The summed E-state index contributed by atoms with van der Waals surface area (Å²) in [6, 6.07) is 0. The third-order valence-electron chi connectivity index (χ3n) is 4.21. The number of likely N-dealkylation sites (N-methyl/N-ethyl adjacent to an activating group) is 2. The van der Waals surface area contributed by atoms with E-state index in [1.54, 1.807) is 9.80 Å². The number of carbonyl (C=O) groups excluding carboxylic acids is 4. The lowest BCUT2D eigenvalue weighted by Gasteiger charge is -2.26. The molecule has 1 rings (SSSR count). The van der Waals surface area contributed by atoms with E-state index in [0.29, 0.717) is 42.7 Å². The lowest BCUT2D eigenvalue weighted by Crippen LogP contribution is -2.45. The minimum absolute atomic E-state index is 0.0261. The van der Waals surface area contributed by atoms with E-state index in [9.17, 15) is 29.6 Å². The number of hydrogen-bond acceptors (Lipinski definition) is 8. The Morgan fingerprint density at radius 2 is 1.25 bits per heavy atom. The summed E-state index contributed by atoms with van der Waals surface area (Å²) in [5.41, 5.74) is 0. The number of amides is 4. The van der Waals surface area contributed by atoms with Gasteiger partial charge in [-0.1, -0.05) is 0 Å². The van der Waals surface area contributed by atoms with Gasteiger partial charge in [-0.3, -0.25) is 39.4 Å². The van der Waals surface area contributed by atoms with E-state index in [4.69, 9.17) is 0 Å². The van der Waals surface area contributed by atoms with Crippen LogP contribution in [0.1, 0.15) is 12.8 Å². The predicted octanol–water partition coefficient (Wildman–Crippen LogP) is -2.69. The van der Waals surface area contributed by atoms with Crippen molar-refractivity contribution in [3.8, 4) is 0 Å². The topological polar surface area (TPSA) is 146 Å². The Labute approximate surface area is 163 Å². The zero-order chi connectivity index (χ0) is 21.1. The molecular weight excluding hydrogens is 372 g/mol. The van der Waals surface area contributed by atoms with Crippen LogP contribution < -0.4 is 10.6 Å². The lowest BCUT2D eigenvalue weighted by atomic mass is 10.3. The third-order valence-corrected chi connectivity index (χ3v) is 4.21. The molecular formula is C16H30N6O6. The molecule has 12 nitrogen and oxygen atoms in total. The van der Waals surface area contributed by atoms with Crippen molar-refractivity contribution < 1.29 is 29.6 Å². The second kappa shape index (κ2) is 12.2. The van der Waals surface area contributed by atoms with Crippen LogP contribution in [0.4, 0.5) is 0 Å². The molecule has 1 aliphatic rings. The highest BCUT2D eigenvalue weighted by atomic mass is 16.5. The molecule has 1 fully saturated rings. The molecule has 1 saturated heterocycles. The average Bonchev–Trinajstić information content (AvgIpc) is 2.60. The molecule has 4 N–H and O–H groups in total. The first-order chi connectivity index (χ1) is 13.2. The molecule has 0 aromatic carbocycles. The molecule has 0 bridgehead atoms. The van der Waals surface area contributed by atoms with Crippen molar-refractivity contribution in [2.75, 3.05) is 66.5 Å². The third kappa shape index (κ3) is 9.60. The zero-order valence-electron chi connectivity index (χ0n) is 16.4. The first kappa shape index (κ1) is 23.8. The Kier molecular flexibility index (Phi) is 10.4. The van der Waals surface area contributed by atoms with E-state index < -0.39 is 23.6 Å². The molecule has 0 atom stereocenters. The normalized spacial score (nSPS) is 18.6. The van der Waals surface area contributed by atoms with Crippen molar-refractivity contribution in [1.29, 1.82) is 0 Å². The Morgan fingerprint density at radius 1 is 0.857 bits per heavy atom. The van der Waals surface area contributed by atoms with Crippen LogP contribution in [-0.4, -0.2) is 120 Å². The molecule has 0 radical (unpaired) electrons. The van der Waals surface area contributed by atoms with Gasteiger partial charge in [-0.25, -0.2) is 10.1 Å². The summed E-state index contributed by atoms with van der Waals surface area (Å²) in [4.78, 5) is 50.7. The van der Waals surface area contributed by atoms with Gasteiger partial charge in [0, 0.05) is 40.3 Å². The van der Waals surface area contributed by atoms with Crippen molar-refractivity contribution in [2.24, 2.45) is 0 Å². The van der Waals surface area contributed by atoms with Crippen molar-refractivity contribution in [1.82, 2.24) is 30.6 Å². The molecule has 4 amide bonds. The van der Waals surface area contributed by atoms with Crippen LogP contribution in [0.3, 0.4) is 0 Å². The van der Waals surface area contributed by atoms with Gasteiger partial charge in [-0.2, -0.15) is 0 Å². The average molecular weight is 402 g/mol. The van der Waals surface area contributed by atoms with E-state index in [0.717, 1.165) is 0 Å². The van der Waals surface area contributed by atoms with Crippen LogP contribution in [-0.2, 0) is 19.2 Å². The standard InChI is InChI=1S/C16H30N6O6/c1-19(27)15(25)11-21-6-3-7-22(12-16(26)20(2)28)9-5-18-14(24)10-13(23)17-4-8-21/h27-28H,3-12H2,1-2H3,(H,17,23)(H,18,24). The molecule has 1 heterocycles. The van der Waals surface area contributed by atoms with Crippen LogP contribution in [0.5, 0.6) is 0 Å². The van der Waals surface area contributed by atoms with E-state index >= 15 is 0 Å². The maximum absolute atomic E-state index is 11.8. The maximum Gasteiger partial charge on any atom is 0.259 e. The molecule has 0 aromatic heterocycles. The van der Waals surface area contributed by atoms with Gasteiger partial charge in [0.25, 0.3) is 11.8 Å². The van der Waals surface area contributed by atoms with Crippen molar-refractivity contribution in [3.05, 3.63) is 0 Å². The SMILES string of the molecule is CN(O)C(=O)CN1CCCN(CC(=O)N(C)O)CCNC(=O)CC(=O)NCC1. The Balaban J connectivity index is 2.76. The van der Waals surface area contributed by atoms with Crippen LogP contribution in [0.2, 0.25) is 0 Å². The summed E-state index contributed by atoms with van der Waals surface area (Å²) >= 11 is 0. The summed E-state index contributed by atoms with van der Waals surface area (Å²) in [5.74, 6) is -1.82. The van der Waals surface area contributed by atoms with E-state index in [1.807, 2.05) is 0 Å².